The Morgan fingerprint density at radius 1 is 0.850 bits per heavy atom. The Morgan fingerprint density at radius 2 is 1.55 bits per heavy atom. The van der Waals surface area contributed by atoms with Crippen LogP contribution >= 0.6 is 11.3 Å². The average molecular weight is 544 g/mol. The number of carbonyl (C=O) groups is 1. The number of carbonyl (C=O) groups excluding carboxylic acids is 1. The summed E-state index contributed by atoms with van der Waals surface area (Å²) in [5.74, 6) is 0.966. The number of anilines is 1. The fourth-order valence-electron chi connectivity index (χ4n) is 4.87. The normalized spacial score (nSPS) is 12.3. The van der Waals surface area contributed by atoms with Gasteiger partial charge >= 0.3 is 0 Å². The number of rotatable bonds is 5. The number of fused-ring (bicyclic) bond motifs is 2. The van der Waals surface area contributed by atoms with Crippen molar-refractivity contribution in [3.63, 3.8) is 0 Å². The Hall–Kier alpha value is -5.28. The van der Waals surface area contributed by atoms with E-state index in [0.29, 0.717) is 28.7 Å². The standard InChI is InChI=1S/C31H21N5O3S/c37-28-18-22(19-9-2-1-3-10-19)32-31(34-28)36-27(17-23(35-36)26-15-8-16-40-26)33-30(38)29-20-11-4-6-13-24(20)39-25-14-7-5-12-21(25)29/h1-18,29H,(H,33,38)(H,32,34,37). The summed E-state index contributed by atoms with van der Waals surface area (Å²) in [7, 11) is 0. The van der Waals surface area contributed by atoms with Crippen molar-refractivity contribution in [2.75, 3.05) is 5.32 Å². The first-order chi connectivity index (χ1) is 19.6. The molecule has 4 heterocycles. The molecule has 0 radical (unpaired) electrons. The van der Waals surface area contributed by atoms with E-state index >= 15 is 0 Å². The fraction of sp³-hybridized carbons (Fsp3) is 0.0323. The summed E-state index contributed by atoms with van der Waals surface area (Å²) in [6, 6.07) is 31.6. The zero-order valence-corrected chi connectivity index (χ0v) is 21.8. The first-order valence-corrected chi connectivity index (χ1v) is 13.5. The van der Waals surface area contributed by atoms with E-state index in [2.05, 4.69) is 10.3 Å². The van der Waals surface area contributed by atoms with Crippen molar-refractivity contribution >= 4 is 23.1 Å². The van der Waals surface area contributed by atoms with E-state index < -0.39 is 5.92 Å². The molecule has 194 valence electrons. The number of aromatic nitrogens is 4. The van der Waals surface area contributed by atoms with E-state index in [4.69, 9.17) is 14.8 Å². The fourth-order valence-corrected chi connectivity index (χ4v) is 5.55. The minimum atomic E-state index is -0.614. The third-order valence-electron chi connectivity index (χ3n) is 6.68. The van der Waals surface area contributed by atoms with Crippen LogP contribution in [0.25, 0.3) is 27.8 Å². The number of benzene rings is 3. The van der Waals surface area contributed by atoms with Crippen molar-refractivity contribution in [1.29, 1.82) is 0 Å². The molecule has 6 aromatic rings. The van der Waals surface area contributed by atoms with Crippen molar-refractivity contribution in [1.82, 2.24) is 19.7 Å². The van der Waals surface area contributed by atoms with Gasteiger partial charge in [-0.1, -0.05) is 72.8 Å². The molecule has 3 aromatic heterocycles. The summed E-state index contributed by atoms with van der Waals surface area (Å²) in [4.78, 5) is 35.1. The summed E-state index contributed by atoms with van der Waals surface area (Å²) in [5, 5.41) is 9.77. The Morgan fingerprint density at radius 3 is 2.25 bits per heavy atom. The van der Waals surface area contributed by atoms with E-state index in [1.165, 1.54) is 22.1 Å². The number of hydrogen-bond acceptors (Lipinski definition) is 6. The third kappa shape index (κ3) is 4.28. The van der Waals surface area contributed by atoms with Crippen LogP contribution in [0.3, 0.4) is 0 Å². The van der Waals surface area contributed by atoms with Crippen LogP contribution in [0, 0.1) is 0 Å². The van der Waals surface area contributed by atoms with Crippen LogP contribution in [-0.4, -0.2) is 25.7 Å². The molecular weight excluding hydrogens is 522 g/mol. The lowest BCUT2D eigenvalue weighted by atomic mass is 9.87. The van der Waals surface area contributed by atoms with Crippen molar-refractivity contribution in [3.8, 4) is 39.3 Å². The van der Waals surface area contributed by atoms with Gasteiger partial charge in [0.1, 0.15) is 23.0 Å². The number of nitrogens with zero attached hydrogens (tertiary/aromatic N) is 3. The minimum Gasteiger partial charge on any atom is -0.457 e. The molecule has 0 fully saturated rings. The van der Waals surface area contributed by atoms with Gasteiger partial charge in [0.15, 0.2) is 0 Å². The Balaban J connectivity index is 1.33. The van der Waals surface area contributed by atoms with Crippen molar-refractivity contribution < 1.29 is 9.53 Å². The van der Waals surface area contributed by atoms with Gasteiger partial charge in [0.2, 0.25) is 11.9 Å². The molecule has 0 bridgehead atoms. The predicted octanol–water partition coefficient (Wildman–Crippen LogP) is 6.23. The lowest BCUT2D eigenvalue weighted by Crippen LogP contribution is -2.26. The Bertz CT molecular complexity index is 1870. The minimum absolute atomic E-state index is 0.192. The van der Waals surface area contributed by atoms with Crippen molar-refractivity contribution in [2.24, 2.45) is 0 Å². The van der Waals surface area contributed by atoms with Crippen LogP contribution in [0.5, 0.6) is 11.5 Å². The second kappa shape index (κ2) is 9.79. The number of ether oxygens (including phenoxy) is 1. The number of para-hydroxylation sites is 2. The molecule has 7 rings (SSSR count). The highest BCUT2D eigenvalue weighted by atomic mass is 32.1. The van der Waals surface area contributed by atoms with Gasteiger partial charge in [0, 0.05) is 28.8 Å². The van der Waals surface area contributed by atoms with E-state index in [9.17, 15) is 9.59 Å². The molecule has 1 aliphatic heterocycles. The Labute approximate surface area is 232 Å². The van der Waals surface area contributed by atoms with E-state index in [1.807, 2.05) is 96.4 Å². The highest BCUT2D eigenvalue weighted by molar-refractivity contribution is 7.13. The molecule has 8 nitrogen and oxygen atoms in total. The molecular formula is C31H21N5O3S. The summed E-state index contributed by atoms with van der Waals surface area (Å²) in [6.45, 7) is 0. The lowest BCUT2D eigenvalue weighted by molar-refractivity contribution is -0.116. The van der Waals surface area contributed by atoms with Crippen molar-refractivity contribution in [3.05, 3.63) is 130 Å². The first kappa shape index (κ1) is 23.8. The van der Waals surface area contributed by atoms with Gasteiger partial charge in [-0.25, -0.2) is 4.98 Å². The highest BCUT2D eigenvalue weighted by Crippen LogP contribution is 2.44. The van der Waals surface area contributed by atoms with Gasteiger partial charge in [0.05, 0.1) is 16.5 Å². The number of aromatic amines is 1. The monoisotopic (exact) mass is 543 g/mol. The molecule has 0 atom stereocenters. The summed E-state index contributed by atoms with van der Waals surface area (Å²) >= 11 is 1.53. The van der Waals surface area contributed by atoms with E-state index in [1.54, 1.807) is 6.07 Å². The second-order valence-electron chi connectivity index (χ2n) is 9.22. The summed E-state index contributed by atoms with van der Waals surface area (Å²) < 4.78 is 7.55. The van der Waals surface area contributed by atoms with Gasteiger partial charge in [-0.3, -0.25) is 14.6 Å². The van der Waals surface area contributed by atoms with Crippen LogP contribution in [-0.2, 0) is 4.79 Å². The van der Waals surface area contributed by atoms with Crippen LogP contribution in [0.15, 0.2) is 113 Å². The highest BCUT2D eigenvalue weighted by Gasteiger charge is 2.33. The number of hydrogen-bond donors (Lipinski definition) is 2. The molecule has 9 heteroatoms. The maximum absolute atomic E-state index is 14.0. The number of nitrogens with one attached hydrogen (secondary N) is 2. The van der Waals surface area contributed by atoms with Gasteiger partial charge in [-0.05, 0) is 23.6 Å². The largest absolute Gasteiger partial charge is 0.457 e. The van der Waals surface area contributed by atoms with Crippen LogP contribution in [0.4, 0.5) is 5.82 Å². The van der Waals surface area contributed by atoms with Gasteiger partial charge in [-0.15, -0.1) is 11.3 Å². The average Bonchev–Trinajstić information content (AvgIpc) is 3.67. The molecule has 1 aliphatic rings. The third-order valence-corrected chi connectivity index (χ3v) is 7.57. The van der Waals surface area contributed by atoms with Crippen LogP contribution < -0.4 is 15.6 Å². The van der Waals surface area contributed by atoms with Crippen LogP contribution in [0.1, 0.15) is 17.0 Å². The quantitative estimate of drug-likeness (QED) is 0.269. The summed E-state index contributed by atoms with van der Waals surface area (Å²) in [5.41, 5.74) is 3.13. The number of thiophene rings is 1. The zero-order chi connectivity index (χ0) is 27.1. The van der Waals surface area contributed by atoms with Gasteiger partial charge in [-0.2, -0.15) is 9.78 Å². The first-order valence-electron chi connectivity index (χ1n) is 12.6. The molecule has 40 heavy (non-hydrogen) atoms. The smallest absolute Gasteiger partial charge is 0.252 e. The number of H-pyrrole nitrogens is 1. The maximum Gasteiger partial charge on any atom is 0.252 e. The lowest BCUT2D eigenvalue weighted by Gasteiger charge is -2.27. The number of amides is 1. The molecule has 0 saturated carbocycles. The Kier molecular flexibility index (Phi) is 5.83. The van der Waals surface area contributed by atoms with Crippen molar-refractivity contribution in [2.45, 2.75) is 5.92 Å². The molecule has 0 spiro atoms. The molecule has 0 aliphatic carbocycles. The summed E-state index contributed by atoms with van der Waals surface area (Å²) in [6.07, 6.45) is 0. The van der Waals surface area contributed by atoms with E-state index in [-0.39, 0.29) is 17.4 Å². The van der Waals surface area contributed by atoms with Gasteiger partial charge in [0.25, 0.3) is 5.56 Å². The molecule has 2 N–H and O–H groups in total. The predicted molar refractivity (Wildman–Crippen MR) is 154 cm³/mol. The topological polar surface area (TPSA) is 102 Å². The molecule has 1 amide bonds. The SMILES string of the molecule is O=C(Nc1cc(-c2cccs2)nn1-c1nc(-c2ccccc2)cc(=O)[nH]1)C1c2ccccc2Oc2ccccc21. The molecule has 0 unspecified atom stereocenters. The molecule has 3 aromatic carbocycles. The van der Waals surface area contributed by atoms with Crippen LogP contribution in [0.2, 0.25) is 0 Å². The molecule has 0 saturated heterocycles. The maximum atomic E-state index is 14.0. The van der Waals surface area contributed by atoms with Gasteiger partial charge < -0.3 is 10.1 Å². The van der Waals surface area contributed by atoms with E-state index in [0.717, 1.165) is 21.6 Å². The second-order valence-corrected chi connectivity index (χ2v) is 10.2. The zero-order valence-electron chi connectivity index (χ0n) is 20.9.